The van der Waals surface area contributed by atoms with Gasteiger partial charge in [-0.3, -0.25) is 0 Å². The molecule has 3 aromatic rings. The number of benzene rings is 3. The second kappa shape index (κ2) is 16.2. The largest absolute Gasteiger partial charge is 0.369 e. The molecule has 0 aromatic heterocycles. The molecule has 42 heavy (non-hydrogen) atoms. The molecular weight excluding hydrogens is 575 g/mol. The van der Waals surface area contributed by atoms with Gasteiger partial charge in [-0.2, -0.15) is 9.98 Å². The van der Waals surface area contributed by atoms with Crippen molar-refractivity contribution >= 4 is 58.4 Å². The first-order valence-corrected chi connectivity index (χ1v) is 13.9. The SMILES string of the molecule is NCCN(Cc1ccc(CN(CC[NH3+])/C(N)=N/C(N)=Nc2ccc(Cl)cc2)cc1)/C(N)=N/C(N)=Nc1ccc(Cl)cc1. The Morgan fingerprint density at radius 2 is 1.00 bits per heavy atom. The molecule has 0 spiro atoms. The molecule has 3 rings (SSSR count). The molecule has 0 aliphatic rings. The molecule has 0 saturated carbocycles. The number of aliphatic imine (C=N–C) groups is 4. The van der Waals surface area contributed by atoms with Gasteiger partial charge in [-0.1, -0.05) is 47.5 Å². The molecule has 14 heteroatoms. The average Bonchev–Trinajstić information content (AvgIpc) is 2.96. The molecule has 13 N–H and O–H groups in total. The van der Waals surface area contributed by atoms with Gasteiger partial charge in [0.1, 0.15) is 0 Å². The first-order chi connectivity index (χ1) is 20.2. The van der Waals surface area contributed by atoms with E-state index in [1.807, 2.05) is 34.1 Å². The molecule has 0 fully saturated rings. The van der Waals surface area contributed by atoms with Crippen LogP contribution in [0.1, 0.15) is 11.1 Å². The molecule has 0 aliphatic heterocycles. The van der Waals surface area contributed by atoms with Crippen molar-refractivity contribution < 1.29 is 5.73 Å². The predicted molar refractivity (Wildman–Crippen MR) is 173 cm³/mol. The summed E-state index contributed by atoms with van der Waals surface area (Å²) >= 11 is 11.8. The van der Waals surface area contributed by atoms with Gasteiger partial charge in [0, 0.05) is 36.2 Å². The summed E-state index contributed by atoms with van der Waals surface area (Å²) in [7, 11) is 0. The van der Waals surface area contributed by atoms with E-state index in [1.54, 1.807) is 48.5 Å². The summed E-state index contributed by atoms with van der Waals surface area (Å²) in [6.45, 7) is 3.06. The quantitative estimate of drug-likeness (QED) is 0.147. The van der Waals surface area contributed by atoms with E-state index in [2.05, 4.69) is 25.7 Å². The van der Waals surface area contributed by atoms with Gasteiger partial charge < -0.3 is 44.2 Å². The number of halogens is 2. The summed E-state index contributed by atoms with van der Waals surface area (Å²) in [4.78, 5) is 20.8. The maximum atomic E-state index is 6.28. The Labute approximate surface area is 255 Å². The van der Waals surface area contributed by atoms with Crippen molar-refractivity contribution in [1.82, 2.24) is 9.80 Å². The minimum absolute atomic E-state index is 0.0239. The Hall–Kier alpha value is -4.36. The lowest BCUT2D eigenvalue weighted by atomic mass is 10.1. The fraction of sp³-hybridized carbons (Fsp3) is 0.214. The first kappa shape index (κ1) is 32.2. The first-order valence-electron chi connectivity index (χ1n) is 13.1. The zero-order valence-electron chi connectivity index (χ0n) is 23.2. The summed E-state index contributed by atoms with van der Waals surface area (Å²) in [6.07, 6.45) is 0. The van der Waals surface area contributed by atoms with Crippen LogP contribution in [0, 0.1) is 0 Å². The Balaban J connectivity index is 1.68. The molecule has 0 bridgehead atoms. The molecule has 0 amide bonds. The molecule has 0 aliphatic carbocycles. The highest BCUT2D eigenvalue weighted by atomic mass is 35.5. The van der Waals surface area contributed by atoms with Crippen molar-refractivity contribution in [2.45, 2.75) is 13.1 Å². The van der Waals surface area contributed by atoms with E-state index in [9.17, 15) is 0 Å². The van der Waals surface area contributed by atoms with Crippen LogP contribution in [0.15, 0.2) is 92.8 Å². The molecule has 0 saturated heterocycles. The van der Waals surface area contributed by atoms with Crippen LogP contribution in [0.5, 0.6) is 0 Å². The predicted octanol–water partition coefficient (Wildman–Crippen LogP) is 1.72. The van der Waals surface area contributed by atoms with Crippen LogP contribution in [-0.4, -0.2) is 59.8 Å². The Morgan fingerprint density at radius 3 is 1.36 bits per heavy atom. The molecule has 0 heterocycles. The third-order valence-electron chi connectivity index (χ3n) is 5.84. The number of nitrogens with two attached hydrogens (primary N) is 5. The van der Waals surface area contributed by atoms with E-state index in [-0.39, 0.29) is 23.8 Å². The van der Waals surface area contributed by atoms with Gasteiger partial charge in [-0.15, -0.1) is 0 Å². The lowest BCUT2D eigenvalue weighted by Crippen LogP contribution is -2.56. The van der Waals surface area contributed by atoms with Crippen LogP contribution in [-0.2, 0) is 13.1 Å². The third kappa shape index (κ3) is 10.6. The van der Waals surface area contributed by atoms with E-state index in [0.29, 0.717) is 60.7 Å². The van der Waals surface area contributed by atoms with Crippen LogP contribution in [0.25, 0.3) is 0 Å². The van der Waals surface area contributed by atoms with Crippen molar-refractivity contribution in [3.05, 3.63) is 94.0 Å². The van der Waals surface area contributed by atoms with Crippen LogP contribution < -0.4 is 34.4 Å². The highest BCUT2D eigenvalue weighted by molar-refractivity contribution is 6.30. The summed E-state index contributed by atoms with van der Waals surface area (Å²) < 4.78 is 0. The van der Waals surface area contributed by atoms with Crippen molar-refractivity contribution in [3.63, 3.8) is 0 Å². The van der Waals surface area contributed by atoms with Gasteiger partial charge in [-0.25, -0.2) is 9.98 Å². The smallest absolute Gasteiger partial charge is 0.223 e. The van der Waals surface area contributed by atoms with Gasteiger partial charge in [0.25, 0.3) is 0 Å². The number of rotatable bonds is 10. The van der Waals surface area contributed by atoms with Crippen molar-refractivity contribution in [1.29, 1.82) is 0 Å². The van der Waals surface area contributed by atoms with Crippen LogP contribution >= 0.6 is 23.2 Å². The van der Waals surface area contributed by atoms with E-state index in [1.165, 1.54) is 0 Å². The van der Waals surface area contributed by atoms with E-state index in [0.717, 1.165) is 11.1 Å². The van der Waals surface area contributed by atoms with Crippen molar-refractivity contribution in [2.24, 2.45) is 48.6 Å². The molecular formula is C28H37Cl2N12+. The minimum atomic E-state index is 0.0239. The van der Waals surface area contributed by atoms with E-state index < -0.39 is 0 Å². The van der Waals surface area contributed by atoms with Gasteiger partial charge in [0.2, 0.25) is 11.9 Å². The maximum Gasteiger partial charge on any atom is 0.223 e. The zero-order chi connectivity index (χ0) is 30.5. The molecule has 0 radical (unpaired) electrons. The fourth-order valence-corrected chi connectivity index (χ4v) is 4.06. The number of quaternary nitrogens is 1. The normalized spacial score (nSPS) is 12.9. The minimum Gasteiger partial charge on any atom is -0.369 e. The topological polar surface area (TPSA) is 214 Å². The number of hydrogen-bond donors (Lipinski definition) is 6. The summed E-state index contributed by atoms with van der Waals surface area (Å²) in [5.74, 6) is 0.519. The fourth-order valence-electron chi connectivity index (χ4n) is 3.81. The monoisotopic (exact) mass is 611 g/mol. The molecule has 0 unspecified atom stereocenters. The zero-order valence-corrected chi connectivity index (χ0v) is 24.7. The number of nitrogens with zero attached hydrogens (tertiary/aromatic N) is 6. The molecule has 222 valence electrons. The third-order valence-corrected chi connectivity index (χ3v) is 6.35. The molecule has 12 nitrogen and oxygen atoms in total. The van der Waals surface area contributed by atoms with Gasteiger partial charge in [0.15, 0.2) is 11.9 Å². The van der Waals surface area contributed by atoms with Gasteiger partial charge in [-0.05, 0) is 59.7 Å². The van der Waals surface area contributed by atoms with Gasteiger partial charge >= 0.3 is 0 Å². The molecule has 0 atom stereocenters. The van der Waals surface area contributed by atoms with Crippen molar-refractivity contribution in [2.75, 3.05) is 26.2 Å². The Morgan fingerprint density at radius 1 is 0.619 bits per heavy atom. The summed E-state index contributed by atoms with van der Waals surface area (Å²) in [5, 5.41) is 1.21. The summed E-state index contributed by atoms with van der Waals surface area (Å²) in [6, 6.07) is 21.9. The second-order valence-corrected chi connectivity index (χ2v) is 10.0. The summed E-state index contributed by atoms with van der Waals surface area (Å²) in [5.41, 5.74) is 37.6. The van der Waals surface area contributed by atoms with Crippen LogP contribution in [0.4, 0.5) is 11.4 Å². The molecule has 3 aromatic carbocycles. The van der Waals surface area contributed by atoms with Crippen LogP contribution in [0.2, 0.25) is 10.0 Å². The lowest BCUT2D eigenvalue weighted by molar-refractivity contribution is -0.367. The number of guanidine groups is 4. The highest BCUT2D eigenvalue weighted by Crippen LogP contribution is 2.17. The average molecular weight is 613 g/mol. The second-order valence-electron chi connectivity index (χ2n) is 9.13. The lowest BCUT2D eigenvalue weighted by Gasteiger charge is -2.24. The van der Waals surface area contributed by atoms with Gasteiger partial charge in [0.05, 0.1) is 24.5 Å². The Kier molecular flexibility index (Phi) is 12.4. The van der Waals surface area contributed by atoms with Crippen molar-refractivity contribution in [3.8, 4) is 0 Å². The standard InChI is InChI=1S/C28H36Cl2N12/c29-21-5-9-23(10-6-21)37-25(33)39-27(35)41(15-13-31)17-19-1-2-20(4-3-19)18-42(16-14-32)28(36)40-26(34)38-24-11-7-22(30)8-12-24/h1-12H,13-18,31-32H2,(H4,33,35,37,39)(H4,34,36,38,40)/p+1. The van der Waals surface area contributed by atoms with Crippen LogP contribution in [0.3, 0.4) is 0 Å². The van der Waals surface area contributed by atoms with E-state index >= 15 is 0 Å². The number of hydrogen-bond acceptors (Lipinski definition) is 3. The Bertz CT molecular complexity index is 1290. The van der Waals surface area contributed by atoms with E-state index in [4.69, 9.17) is 51.9 Å². The maximum absolute atomic E-state index is 6.28. The highest BCUT2D eigenvalue weighted by Gasteiger charge is 2.12.